The Morgan fingerprint density at radius 3 is 2.88 bits per heavy atom. The lowest BCUT2D eigenvalue weighted by Gasteiger charge is -2.06. The van der Waals surface area contributed by atoms with Crippen LogP contribution < -0.4 is 0 Å². The van der Waals surface area contributed by atoms with Crippen LogP contribution in [0.2, 0.25) is 5.02 Å². The second-order valence-electron chi connectivity index (χ2n) is 5.63. The van der Waals surface area contributed by atoms with Gasteiger partial charge in [0.25, 0.3) is 0 Å². The standard InChI is InChI=1S/C19H13ClN4/c1-12-2-3-14(20)8-16(12)17-11-24(10-13(17)9-21)18-5-7-23-19-15(18)4-6-22-19/h2-8,10-11H,1H3,(H,22,23). The average Bonchev–Trinajstić information content (AvgIpc) is 3.23. The zero-order chi connectivity index (χ0) is 16.7. The number of pyridine rings is 1. The lowest BCUT2D eigenvalue weighted by molar-refractivity contribution is 1.09. The van der Waals surface area contributed by atoms with Crippen LogP contribution in [0.1, 0.15) is 11.1 Å². The Hall–Kier alpha value is -3.03. The smallest absolute Gasteiger partial charge is 0.139 e. The molecule has 0 aliphatic rings. The van der Waals surface area contributed by atoms with Crippen molar-refractivity contribution in [2.45, 2.75) is 6.92 Å². The molecule has 4 aromatic rings. The van der Waals surface area contributed by atoms with Gasteiger partial charge < -0.3 is 9.55 Å². The normalized spacial score (nSPS) is 10.9. The van der Waals surface area contributed by atoms with Crippen molar-refractivity contribution in [3.63, 3.8) is 0 Å². The van der Waals surface area contributed by atoms with Crippen molar-refractivity contribution in [1.82, 2.24) is 14.5 Å². The number of H-pyrrole nitrogens is 1. The van der Waals surface area contributed by atoms with Crippen molar-refractivity contribution >= 4 is 22.6 Å². The molecular formula is C19H13ClN4. The highest BCUT2D eigenvalue weighted by atomic mass is 35.5. The number of fused-ring (bicyclic) bond motifs is 1. The number of aryl methyl sites for hydroxylation is 1. The quantitative estimate of drug-likeness (QED) is 0.570. The third-order valence-corrected chi connectivity index (χ3v) is 4.39. The molecule has 24 heavy (non-hydrogen) atoms. The topological polar surface area (TPSA) is 57.4 Å². The average molecular weight is 333 g/mol. The zero-order valence-corrected chi connectivity index (χ0v) is 13.7. The Balaban J connectivity index is 1.95. The fourth-order valence-corrected chi connectivity index (χ4v) is 3.13. The first-order valence-corrected chi connectivity index (χ1v) is 7.86. The fourth-order valence-electron chi connectivity index (χ4n) is 2.95. The third-order valence-electron chi connectivity index (χ3n) is 4.15. The molecule has 3 aromatic heterocycles. The number of benzene rings is 1. The molecule has 0 radical (unpaired) electrons. The number of rotatable bonds is 2. The monoisotopic (exact) mass is 332 g/mol. The van der Waals surface area contributed by atoms with Crippen molar-refractivity contribution in [2.75, 3.05) is 0 Å². The van der Waals surface area contributed by atoms with Gasteiger partial charge in [-0.1, -0.05) is 17.7 Å². The highest BCUT2D eigenvalue weighted by Gasteiger charge is 2.14. The van der Waals surface area contributed by atoms with E-state index >= 15 is 0 Å². The molecule has 0 aliphatic heterocycles. The number of halogens is 1. The maximum atomic E-state index is 9.56. The molecule has 116 valence electrons. The molecule has 1 aromatic carbocycles. The van der Waals surface area contributed by atoms with Gasteiger partial charge in [-0.3, -0.25) is 0 Å². The predicted molar refractivity (Wildman–Crippen MR) is 95.3 cm³/mol. The van der Waals surface area contributed by atoms with E-state index in [4.69, 9.17) is 11.6 Å². The van der Waals surface area contributed by atoms with E-state index in [0.29, 0.717) is 10.6 Å². The number of aromatic amines is 1. The van der Waals surface area contributed by atoms with E-state index in [-0.39, 0.29) is 0 Å². The molecule has 0 atom stereocenters. The molecule has 0 saturated carbocycles. The van der Waals surface area contributed by atoms with Crippen LogP contribution in [-0.4, -0.2) is 14.5 Å². The molecule has 3 heterocycles. The molecule has 0 aliphatic carbocycles. The largest absolute Gasteiger partial charge is 0.346 e. The summed E-state index contributed by atoms with van der Waals surface area (Å²) in [6.45, 7) is 2.01. The molecule has 5 heteroatoms. The lowest BCUT2D eigenvalue weighted by atomic mass is 10.0. The van der Waals surface area contributed by atoms with E-state index < -0.39 is 0 Å². The number of hydrogen-bond acceptors (Lipinski definition) is 2. The predicted octanol–water partition coefficient (Wildman–Crippen LogP) is 4.85. The van der Waals surface area contributed by atoms with E-state index in [1.54, 1.807) is 6.20 Å². The first-order valence-electron chi connectivity index (χ1n) is 7.48. The van der Waals surface area contributed by atoms with Crippen molar-refractivity contribution in [3.05, 3.63) is 71.3 Å². The van der Waals surface area contributed by atoms with Gasteiger partial charge in [0, 0.05) is 40.8 Å². The van der Waals surface area contributed by atoms with Crippen molar-refractivity contribution in [3.8, 4) is 22.9 Å². The summed E-state index contributed by atoms with van der Waals surface area (Å²) in [5.41, 5.74) is 5.33. The molecule has 0 unspecified atom stereocenters. The van der Waals surface area contributed by atoms with E-state index in [1.165, 1.54) is 0 Å². The summed E-state index contributed by atoms with van der Waals surface area (Å²) < 4.78 is 1.96. The van der Waals surface area contributed by atoms with Crippen molar-refractivity contribution in [2.24, 2.45) is 0 Å². The van der Waals surface area contributed by atoms with Crippen LogP contribution in [0.4, 0.5) is 0 Å². The van der Waals surface area contributed by atoms with Gasteiger partial charge in [0.1, 0.15) is 11.7 Å². The van der Waals surface area contributed by atoms with Gasteiger partial charge in [-0.15, -0.1) is 0 Å². The van der Waals surface area contributed by atoms with Gasteiger partial charge in [0.05, 0.1) is 11.3 Å². The van der Waals surface area contributed by atoms with Crippen LogP contribution in [0.15, 0.2) is 55.1 Å². The van der Waals surface area contributed by atoms with Crippen molar-refractivity contribution < 1.29 is 0 Å². The molecule has 1 N–H and O–H groups in total. The van der Waals surface area contributed by atoms with Gasteiger partial charge in [0.15, 0.2) is 0 Å². The van der Waals surface area contributed by atoms with E-state index in [9.17, 15) is 5.26 Å². The van der Waals surface area contributed by atoms with Crippen molar-refractivity contribution in [1.29, 1.82) is 5.26 Å². The highest BCUT2D eigenvalue weighted by molar-refractivity contribution is 6.30. The Labute approximate surface area is 144 Å². The third kappa shape index (κ3) is 2.27. The summed E-state index contributed by atoms with van der Waals surface area (Å²) in [5.74, 6) is 0. The van der Waals surface area contributed by atoms with Crippen LogP contribution in [0.25, 0.3) is 27.8 Å². The Bertz CT molecular complexity index is 1100. The van der Waals surface area contributed by atoms with E-state index in [2.05, 4.69) is 16.0 Å². The highest BCUT2D eigenvalue weighted by Crippen LogP contribution is 2.32. The van der Waals surface area contributed by atoms with E-state index in [1.807, 2.05) is 60.4 Å². The Morgan fingerprint density at radius 1 is 1.17 bits per heavy atom. The number of nitriles is 1. The Morgan fingerprint density at radius 2 is 2.04 bits per heavy atom. The van der Waals surface area contributed by atoms with Crippen LogP contribution >= 0.6 is 11.6 Å². The van der Waals surface area contributed by atoms with E-state index in [0.717, 1.165) is 33.4 Å². The maximum Gasteiger partial charge on any atom is 0.139 e. The summed E-state index contributed by atoms with van der Waals surface area (Å²) in [7, 11) is 0. The molecule has 4 rings (SSSR count). The fraction of sp³-hybridized carbons (Fsp3) is 0.0526. The van der Waals surface area contributed by atoms with Crippen LogP contribution in [0.5, 0.6) is 0 Å². The van der Waals surface area contributed by atoms with Crippen LogP contribution in [0.3, 0.4) is 0 Å². The summed E-state index contributed by atoms with van der Waals surface area (Å²) in [4.78, 5) is 7.42. The number of nitrogens with one attached hydrogen (secondary N) is 1. The SMILES string of the molecule is Cc1ccc(Cl)cc1-c1cn(-c2ccnc3[nH]ccc23)cc1C#N. The first-order chi connectivity index (χ1) is 11.7. The second-order valence-corrected chi connectivity index (χ2v) is 6.07. The molecule has 4 nitrogen and oxygen atoms in total. The first kappa shape index (κ1) is 14.6. The van der Waals surface area contributed by atoms with Crippen LogP contribution in [0, 0.1) is 18.3 Å². The maximum absolute atomic E-state index is 9.56. The summed E-state index contributed by atoms with van der Waals surface area (Å²) in [6, 6.07) is 11.9. The number of nitrogens with zero attached hydrogens (tertiary/aromatic N) is 3. The van der Waals surface area contributed by atoms with Gasteiger partial charge >= 0.3 is 0 Å². The minimum absolute atomic E-state index is 0.612. The molecule has 0 amide bonds. The van der Waals surface area contributed by atoms with Gasteiger partial charge in [-0.05, 0) is 42.3 Å². The summed E-state index contributed by atoms with van der Waals surface area (Å²) in [5, 5.41) is 11.2. The van der Waals surface area contributed by atoms with Gasteiger partial charge in [-0.2, -0.15) is 5.26 Å². The molecule has 0 bridgehead atoms. The summed E-state index contributed by atoms with van der Waals surface area (Å²) in [6.07, 6.45) is 7.43. The summed E-state index contributed by atoms with van der Waals surface area (Å²) >= 11 is 6.15. The zero-order valence-electron chi connectivity index (χ0n) is 12.9. The molecule has 0 fully saturated rings. The second kappa shape index (κ2) is 5.55. The van der Waals surface area contributed by atoms with Crippen LogP contribution in [-0.2, 0) is 0 Å². The molecular weight excluding hydrogens is 320 g/mol. The Kier molecular flexibility index (Phi) is 3.37. The number of aromatic nitrogens is 3. The molecule has 0 saturated heterocycles. The minimum atomic E-state index is 0.612. The van der Waals surface area contributed by atoms with Gasteiger partial charge in [-0.25, -0.2) is 4.98 Å². The minimum Gasteiger partial charge on any atom is -0.346 e. The number of hydrogen-bond donors (Lipinski definition) is 1. The van der Waals surface area contributed by atoms with Gasteiger partial charge in [0.2, 0.25) is 0 Å². The lowest BCUT2D eigenvalue weighted by Crippen LogP contribution is -1.91. The molecule has 0 spiro atoms.